The van der Waals surface area contributed by atoms with Gasteiger partial charge in [-0.25, -0.2) is 27.0 Å². The fourth-order valence-electron chi connectivity index (χ4n) is 3.25. The van der Waals surface area contributed by atoms with Crippen molar-refractivity contribution in [3.8, 4) is 0 Å². The van der Waals surface area contributed by atoms with E-state index < -0.39 is 33.2 Å². The number of carbonyl (C=O) groups is 2. The van der Waals surface area contributed by atoms with Crippen molar-refractivity contribution in [2.24, 2.45) is 0 Å². The Labute approximate surface area is 211 Å². The fraction of sp³-hybridized carbons (Fsp3) is 0.296. The zero-order valence-corrected chi connectivity index (χ0v) is 22.0. The average molecular weight is 511 g/mol. The summed E-state index contributed by atoms with van der Waals surface area (Å²) in [5.74, 6) is -1.06. The number of hydrogen-bond acceptors (Lipinski definition) is 7. The van der Waals surface area contributed by atoms with Crippen LogP contribution in [-0.2, 0) is 29.1 Å². The molecule has 0 atom stereocenters. The van der Waals surface area contributed by atoms with E-state index in [1.54, 1.807) is 78.0 Å². The minimum Gasteiger partial charge on any atom is -0.457 e. The van der Waals surface area contributed by atoms with E-state index in [2.05, 4.69) is 4.98 Å². The van der Waals surface area contributed by atoms with Crippen LogP contribution in [0.5, 0.6) is 0 Å². The highest BCUT2D eigenvalue weighted by Crippen LogP contribution is 2.25. The summed E-state index contributed by atoms with van der Waals surface area (Å²) >= 11 is 0. The molecule has 36 heavy (non-hydrogen) atoms. The molecule has 0 fully saturated rings. The highest BCUT2D eigenvalue weighted by atomic mass is 32.2. The fourth-order valence-corrected chi connectivity index (χ4v) is 4.75. The molecule has 0 spiro atoms. The van der Waals surface area contributed by atoms with Crippen LogP contribution >= 0.6 is 0 Å². The number of esters is 2. The Hall–Kier alpha value is -3.72. The van der Waals surface area contributed by atoms with Gasteiger partial charge in [-0.15, -0.1) is 0 Å². The van der Waals surface area contributed by atoms with E-state index >= 15 is 0 Å². The summed E-state index contributed by atoms with van der Waals surface area (Å²) < 4.78 is 38.7. The molecule has 0 saturated carbocycles. The molecular formula is C27H30N2O6S. The number of hydrogen-bond donors (Lipinski definition) is 0. The van der Waals surface area contributed by atoms with E-state index in [-0.39, 0.29) is 10.5 Å². The summed E-state index contributed by atoms with van der Waals surface area (Å²) in [6.45, 7) is 10.6. The summed E-state index contributed by atoms with van der Waals surface area (Å²) in [6.07, 6.45) is 8.37. The first kappa shape index (κ1) is 26.9. The molecule has 0 radical (unpaired) electrons. The van der Waals surface area contributed by atoms with Crippen LogP contribution in [0.1, 0.15) is 52.7 Å². The SMILES string of the molecule is CC(C)(C)OC(=O)C=Cc1cnc2c(ccn2S(=O)(=O)c2ccccc2C=CC(=O)OC(C)(C)C)c1. The zero-order chi connectivity index (χ0) is 26.7. The first-order valence-corrected chi connectivity index (χ1v) is 12.7. The number of ether oxygens (including phenoxy) is 2. The van der Waals surface area contributed by atoms with Gasteiger partial charge in [0.05, 0.1) is 4.90 Å². The third kappa shape index (κ3) is 6.91. The second-order valence-corrected chi connectivity index (χ2v) is 11.9. The van der Waals surface area contributed by atoms with Crippen LogP contribution in [0.4, 0.5) is 0 Å². The topological polar surface area (TPSA) is 105 Å². The molecule has 0 aliphatic carbocycles. The standard InChI is InChI=1S/C27H30N2O6S/c1-26(2,3)34-23(30)13-11-19-17-21-15-16-29(25(21)28-18-19)36(32,33)22-10-8-7-9-20(22)12-14-24(31)35-27(4,5)6/h7-18H,1-6H3. The molecule has 0 saturated heterocycles. The molecule has 0 N–H and O–H groups in total. The van der Waals surface area contributed by atoms with E-state index in [0.29, 0.717) is 16.5 Å². The molecule has 0 aliphatic heterocycles. The maximum absolute atomic E-state index is 13.5. The molecular weight excluding hydrogens is 480 g/mol. The number of aromatic nitrogens is 2. The molecule has 2 heterocycles. The normalized spacial score (nSPS) is 12.9. The molecule has 0 amide bonds. The first-order chi connectivity index (χ1) is 16.7. The van der Waals surface area contributed by atoms with Gasteiger partial charge in [0.15, 0.2) is 5.65 Å². The second-order valence-electron chi connectivity index (χ2n) is 10.1. The van der Waals surface area contributed by atoms with Crippen LogP contribution in [0.2, 0.25) is 0 Å². The quantitative estimate of drug-likeness (QED) is 0.340. The summed E-state index contributed by atoms with van der Waals surface area (Å²) in [4.78, 5) is 28.3. The van der Waals surface area contributed by atoms with Gasteiger partial charge in [0.2, 0.25) is 0 Å². The molecule has 1 aromatic carbocycles. The Bertz CT molecular complexity index is 1450. The van der Waals surface area contributed by atoms with Crippen molar-refractivity contribution in [2.75, 3.05) is 0 Å². The second kappa shape index (κ2) is 10.1. The number of nitrogens with zero attached hydrogens (tertiary/aromatic N) is 2. The van der Waals surface area contributed by atoms with Crippen molar-refractivity contribution in [3.63, 3.8) is 0 Å². The number of rotatable bonds is 6. The molecule has 0 unspecified atom stereocenters. The lowest BCUT2D eigenvalue weighted by Gasteiger charge is -2.18. The van der Waals surface area contributed by atoms with Gasteiger partial charge in [0, 0.05) is 29.9 Å². The van der Waals surface area contributed by atoms with Crippen LogP contribution in [0.15, 0.2) is 65.8 Å². The number of benzene rings is 1. The summed E-state index contributed by atoms with van der Waals surface area (Å²) in [5, 5.41) is 0.576. The van der Waals surface area contributed by atoms with E-state index in [1.807, 2.05) is 0 Å². The molecule has 3 aromatic rings. The van der Waals surface area contributed by atoms with Crippen molar-refractivity contribution >= 4 is 45.1 Å². The van der Waals surface area contributed by atoms with Crippen molar-refractivity contribution in [1.82, 2.24) is 8.96 Å². The van der Waals surface area contributed by atoms with Gasteiger partial charge < -0.3 is 9.47 Å². The van der Waals surface area contributed by atoms with E-state index in [4.69, 9.17) is 9.47 Å². The molecule has 190 valence electrons. The van der Waals surface area contributed by atoms with Gasteiger partial charge in [0.1, 0.15) is 11.2 Å². The van der Waals surface area contributed by atoms with E-state index in [0.717, 1.165) is 3.97 Å². The van der Waals surface area contributed by atoms with Gasteiger partial charge >= 0.3 is 11.9 Å². The van der Waals surface area contributed by atoms with E-state index in [1.165, 1.54) is 36.7 Å². The lowest BCUT2D eigenvalue weighted by atomic mass is 10.2. The number of fused-ring (bicyclic) bond motifs is 1. The molecule has 0 bridgehead atoms. The van der Waals surface area contributed by atoms with Crippen molar-refractivity contribution in [2.45, 2.75) is 57.6 Å². The van der Waals surface area contributed by atoms with Gasteiger partial charge in [-0.05, 0) is 83.0 Å². The third-order valence-corrected chi connectivity index (χ3v) is 6.33. The van der Waals surface area contributed by atoms with Gasteiger partial charge in [-0.1, -0.05) is 18.2 Å². The molecule has 0 aliphatic rings. The minimum atomic E-state index is -4.04. The largest absolute Gasteiger partial charge is 0.457 e. The average Bonchev–Trinajstić information content (AvgIpc) is 3.18. The van der Waals surface area contributed by atoms with Gasteiger partial charge in [-0.3, -0.25) is 0 Å². The molecule has 8 nitrogen and oxygen atoms in total. The Morgan fingerprint density at radius 3 is 2.08 bits per heavy atom. The van der Waals surface area contributed by atoms with Crippen LogP contribution in [0.3, 0.4) is 0 Å². The van der Waals surface area contributed by atoms with Crippen LogP contribution < -0.4 is 0 Å². The molecule has 9 heteroatoms. The Morgan fingerprint density at radius 1 is 0.889 bits per heavy atom. The summed E-state index contributed by atoms with van der Waals surface area (Å²) in [5.41, 5.74) is -0.0845. The van der Waals surface area contributed by atoms with Gasteiger partial charge in [-0.2, -0.15) is 0 Å². The Kier molecular flexibility index (Phi) is 7.54. The van der Waals surface area contributed by atoms with Gasteiger partial charge in [0.25, 0.3) is 10.0 Å². The summed E-state index contributed by atoms with van der Waals surface area (Å²) in [6, 6.07) is 9.72. The highest BCUT2D eigenvalue weighted by Gasteiger charge is 2.22. The maximum atomic E-state index is 13.5. The monoisotopic (exact) mass is 510 g/mol. The van der Waals surface area contributed by atoms with Crippen molar-refractivity contribution in [1.29, 1.82) is 0 Å². The minimum absolute atomic E-state index is 0.0120. The van der Waals surface area contributed by atoms with E-state index in [9.17, 15) is 18.0 Å². The molecule has 2 aromatic heterocycles. The number of carbonyl (C=O) groups excluding carboxylic acids is 2. The van der Waals surface area contributed by atoms with Crippen molar-refractivity contribution in [3.05, 3.63) is 72.1 Å². The third-order valence-electron chi connectivity index (χ3n) is 4.59. The number of pyridine rings is 1. The Morgan fingerprint density at radius 2 is 1.47 bits per heavy atom. The van der Waals surface area contributed by atoms with Crippen molar-refractivity contribution < 1.29 is 27.5 Å². The zero-order valence-electron chi connectivity index (χ0n) is 21.2. The predicted molar refractivity (Wildman–Crippen MR) is 139 cm³/mol. The Balaban J connectivity index is 1.91. The smallest absolute Gasteiger partial charge is 0.331 e. The van der Waals surface area contributed by atoms with Crippen LogP contribution in [0, 0.1) is 0 Å². The van der Waals surface area contributed by atoms with Crippen LogP contribution in [0.25, 0.3) is 23.2 Å². The lowest BCUT2D eigenvalue weighted by molar-refractivity contribution is -0.149. The molecule has 3 rings (SSSR count). The summed E-state index contributed by atoms with van der Waals surface area (Å²) in [7, 11) is -4.04. The highest BCUT2D eigenvalue weighted by molar-refractivity contribution is 7.90. The maximum Gasteiger partial charge on any atom is 0.331 e. The predicted octanol–water partition coefficient (Wildman–Crippen LogP) is 4.98. The lowest BCUT2D eigenvalue weighted by Crippen LogP contribution is -2.22. The first-order valence-electron chi connectivity index (χ1n) is 11.3. The van der Waals surface area contributed by atoms with Crippen LogP contribution in [-0.4, -0.2) is 40.5 Å².